The number of carboxylic acids is 1. The van der Waals surface area contributed by atoms with Gasteiger partial charge in [0.1, 0.15) is 11.4 Å². The zero-order valence-corrected chi connectivity index (χ0v) is 18.7. The molecule has 2 unspecified atom stereocenters. The molecule has 7 nitrogen and oxygen atoms in total. The molecule has 1 amide bonds. The van der Waals surface area contributed by atoms with E-state index >= 15 is 0 Å². The summed E-state index contributed by atoms with van der Waals surface area (Å²) in [5, 5.41) is 12.0. The van der Waals surface area contributed by atoms with Gasteiger partial charge in [-0.25, -0.2) is 4.79 Å². The van der Waals surface area contributed by atoms with E-state index in [0.29, 0.717) is 19.4 Å². The van der Waals surface area contributed by atoms with Gasteiger partial charge < -0.3 is 20.1 Å². The molecular weight excluding hydrogens is 420 g/mol. The van der Waals surface area contributed by atoms with Crippen LogP contribution >= 0.6 is 0 Å². The molecule has 0 aliphatic rings. The number of carbonyl (C=O) groups excluding carboxylic acids is 2. The van der Waals surface area contributed by atoms with Crippen molar-refractivity contribution < 1.29 is 24.2 Å². The predicted octanol–water partition coefficient (Wildman–Crippen LogP) is 4.31. The van der Waals surface area contributed by atoms with E-state index in [9.17, 15) is 14.4 Å². The van der Waals surface area contributed by atoms with E-state index in [1.807, 2.05) is 54.6 Å². The molecule has 0 fully saturated rings. The van der Waals surface area contributed by atoms with Crippen molar-refractivity contribution in [2.24, 2.45) is 5.92 Å². The number of aromatic carboxylic acids is 1. The first-order valence-corrected chi connectivity index (χ1v) is 10.9. The molecule has 0 aliphatic carbocycles. The highest BCUT2D eigenvalue weighted by Gasteiger charge is 2.23. The number of hydrogen-bond acceptors (Lipinski definition) is 4. The molecular formula is C26H28N2O5. The molecule has 33 heavy (non-hydrogen) atoms. The zero-order valence-electron chi connectivity index (χ0n) is 18.7. The minimum absolute atomic E-state index is 0.0620. The summed E-state index contributed by atoms with van der Waals surface area (Å²) < 4.78 is 5.12. The lowest BCUT2D eigenvalue weighted by molar-refractivity contribution is -0.147. The van der Waals surface area contributed by atoms with Crippen LogP contribution in [0.25, 0.3) is 11.1 Å². The first-order chi connectivity index (χ1) is 15.9. The predicted molar refractivity (Wildman–Crippen MR) is 125 cm³/mol. The number of hydrogen-bond donors (Lipinski definition) is 3. The van der Waals surface area contributed by atoms with Crippen LogP contribution in [0.2, 0.25) is 0 Å². The summed E-state index contributed by atoms with van der Waals surface area (Å²) in [4.78, 5) is 38.6. The van der Waals surface area contributed by atoms with Crippen LogP contribution in [0, 0.1) is 5.92 Å². The number of amides is 1. The van der Waals surface area contributed by atoms with Gasteiger partial charge in [0, 0.05) is 6.04 Å². The third-order valence-corrected chi connectivity index (χ3v) is 5.37. The maximum absolute atomic E-state index is 12.7. The standard InChI is InChI=1S/C26H28N2O5/c1-3-33-26(32)17(2)15-21(27-24(29)22-13-14-23(28-22)25(30)31)16-18-9-11-20(12-10-18)19-7-5-4-6-8-19/h4-14,17,21,28H,3,15-16H2,1-2H3,(H,27,29)(H,30,31). The number of aromatic amines is 1. The Bertz CT molecular complexity index is 1090. The Hall–Kier alpha value is -3.87. The number of carbonyl (C=O) groups is 3. The number of H-pyrrole nitrogens is 1. The van der Waals surface area contributed by atoms with Crippen LogP contribution in [-0.4, -0.2) is 40.6 Å². The van der Waals surface area contributed by atoms with Crippen molar-refractivity contribution in [3.8, 4) is 11.1 Å². The topological polar surface area (TPSA) is 108 Å². The Morgan fingerprint density at radius 1 is 0.939 bits per heavy atom. The Morgan fingerprint density at radius 2 is 1.58 bits per heavy atom. The zero-order chi connectivity index (χ0) is 23.8. The van der Waals surface area contributed by atoms with Gasteiger partial charge in [0.2, 0.25) is 0 Å². The van der Waals surface area contributed by atoms with E-state index in [4.69, 9.17) is 9.84 Å². The number of carboxylic acid groups (broad SMARTS) is 1. The molecule has 2 atom stereocenters. The molecule has 172 valence electrons. The molecule has 0 bridgehead atoms. The average molecular weight is 449 g/mol. The van der Waals surface area contributed by atoms with E-state index in [0.717, 1.165) is 16.7 Å². The molecule has 3 N–H and O–H groups in total. The molecule has 0 saturated carbocycles. The fraction of sp³-hybridized carbons (Fsp3) is 0.269. The second-order valence-corrected chi connectivity index (χ2v) is 7.92. The lowest BCUT2D eigenvalue weighted by Crippen LogP contribution is -2.39. The number of benzene rings is 2. The van der Waals surface area contributed by atoms with E-state index < -0.39 is 17.8 Å². The molecule has 0 saturated heterocycles. The monoisotopic (exact) mass is 448 g/mol. The summed E-state index contributed by atoms with van der Waals surface area (Å²) in [5.41, 5.74) is 3.31. The van der Waals surface area contributed by atoms with E-state index in [1.54, 1.807) is 13.8 Å². The van der Waals surface area contributed by atoms with Crippen LogP contribution in [0.3, 0.4) is 0 Å². The van der Waals surface area contributed by atoms with E-state index in [2.05, 4.69) is 10.3 Å². The normalized spacial score (nSPS) is 12.5. The quantitative estimate of drug-likeness (QED) is 0.401. The summed E-state index contributed by atoms with van der Waals surface area (Å²) in [6.45, 7) is 3.82. The molecule has 0 aliphatic heterocycles. The maximum Gasteiger partial charge on any atom is 0.352 e. The number of ether oxygens (including phenoxy) is 1. The second kappa shape index (κ2) is 11.1. The highest BCUT2D eigenvalue weighted by molar-refractivity contribution is 5.95. The van der Waals surface area contributed by atoms with Crippen molar-refractivity contribution in [2.75, 3.05) is 6.61 Å². The number of rotatable bonds is 10. The Morgan fingerprint density at radius 3 is 2.18 bits per heavy atom. The maximum atomic E-state index is 12.7. The second-order valence-electron chi connectivity index (χ2n) is 7.92. The summed E-state index contributed by atoms with van der Waals surface area (Å²) in [6, 6.07) is 20.5. The van der Waals surface area contributed by atoms with Crippen molar-refractivity contribution in [2.45, 2.75) is 32.7 Å². The summed E-state index contributed by atoms with van der Waals surface area (Å²) in [6.07, 6.45) is 0.897. The summed E-state index contributed by atoms with van der Waals surface area (Å²) in [5.74, 6) is -2.29. The van der Waals surface area contributed by atoms with Gasteiger partial charge in [0.15, 0.2) is 0 Å². The van der Waals surface area contributed by atoms with E-state index in [-0.39, 0.29) is 23.4 Å². The molecule has 7 heteroatoms. The van der Waals surface area contributed by atoms with Crippen LogP contribution in [0.15, 0.2) is 66.7 Å². The van der Waals surface area contributed by atoms with Gasteiger partial charge in [-0.15, -0.1) is 0 Å². The fourth-order valence-corrected chi connectivity index (χ4v) is 3.66. The largest absolute Gasteiger partial charge is 0.477 e. The third kappa shape index (κ3) is 6.55. The summed E-state index contributed by atoms with van der Waals surface area (Å²) >= 11 is 0. The highest BCUT2D eigenvalue weighted by Crippen LogP contribution is 2.21. The van der Waals surface area contributed by atoms with Gasteiger partial charge in [-0.2, -0.15) is 0 Å². The van der Waals surface area contributed by atoms with Crippen LogP contribution in [0.5, 0.6) is 0 Å². The first-order valence-electron chi connectivity index (χ1n) is 10.9. The fourth-order valence-electron chi connectivity index (χ4n) is 3.66. The van der Waals surface area contributed by atoms with Gasteiger partial charge in [-0.1, -0.05) is 61.5 Å². The van der Waals surface area contributed by atoms with Crippen LogP contribution < -0.4 is 5.32 Å². The number of aromatic nitrogens is 1. The molecule has 1 aromatic heterocycles. The van der Waals surface area contributed by atoms with E-state index in [1.165, 1.54) is 12.1 Å². The van der Waals surface area contributed by atoms with Crippen molar-refractivity contribution in [1.29, 1.82) is 0 Å². The minimum Gasteiger partial charge on any atom is -0.477 e. The van der Waals surface area contributed by atoms with Gasteiger partial charge in [0.05, 0.1) is 12.5 Å². The van der Waals surface area contributed by atoms with Gasteiger partial charge in [-0.3, -0.25) is 9.59 Å². The summed E-state index contributed by atoms with van der Waals surface area (Å²) in [7, 11) is 0. The number of esters is 1. The van der Waals surface area contributed by atoms with Crippen LogP contribution in [-0.2, 0) is 16.0 Å². The molecule has 0 spiro atoms. The smallest absolute Gasteiger partial charge is 0.352 e. The van der Waals surface area contributed by atoms with Gasteiger partial charge in [-0.05, 0) is 48.6 Å². The first kappa shape index (κ1) is 23.8. The van der Waals surface area contributed by atoms with Gasteiger partial charge >= 0.3 is 11.9 Å². The number of nitrogens with one attached hydrogen (secondary N) is 2. The van der Waals surface area contributed by atoms with Gasteiger partial charge in [0.25, 0.3) is 5.91 Å². The molecule has 2 aromatic carbocycles. The molecule has 1 heterocycles. The Labute approximate surface area is 192 Å². The minimum atomic E-state index is -1.14. The van der Waals surface area contributed by atoms with Crippen LogP contribution in [0.4, 0.5) is 0 Å². The molecule has 0 radical (unpaired) electrons. The average Bonchev–Trinajstić information content (AvgIpc) is 3.31. The van der Waals surface area contributed by atoms with Crippen LogP contribution in [0.1, 0.15) is 46.8 Å². The Kier molecular flexibility index (Phi) is 8.02. The van der Waals surface area contributed by atoms with Crippen molar-refractivity contribution >= 4 is 17.8 Å². The Balaban J connectivity index is 1.75. The van der Waals surface area contributed by atoms with Crippen molar-refractivity contribution in [1.82, 2.24) is 10.3 Å². The van der Waals surface area contributed by atoms with Crippen molar-refractivity contribution in [3.05, 3.63) is 83.7 Å². The molecule has 3 rings (SSSR count). The van der Waals surface area contributed by atoms with Crippen molar-refractivity contribution in [3.63, 3.8) is 0 Å². The third-order valence-electron chi connectivity index (χ3n) is 5.37. The molecule has 3 aromatic rings. The lowest BCUT2D eigenvalue weighted by Gasteiger charge is -2.22. The highest BCUT2D eigenvalue weighted by atomic mass is 16.5. The lowest BCUT2D eigenvalue weighted by atomic mass is 9.94. The SMILES string of the molecule is CCOC(=O)C(C)CC(Cc1ccc(-c2ccccc2)cc1)NC(=O)c1ccc(C(=O)O)[nH]1.